The molecule has 1 aromatic carbocycles. The van der Waals surface area contributed by atoms with Crippen molar-refractivity contribution in [1.82, 2.24) is 10.2 Å². The van der Waals surface area contributed by atoms with Crippen LogP contribution in [0.15, 0.2) is 22.7 Å². The molecule has 2 atom stereocenters. The summed E-state index contributed by atoms with van der Waals surface area (Å²) in [6, 6.07) is 5.39. The topological polar surface area (TPSA) is 15.3 Å². The minimum atomic E-state index is -0.186. The van der Waals surface area contributed by atoms with Crippen LogP contribution in [0.1, 0.15) is 24.4 Å². The second-order valence-electron chi connectivity index (χ2n) is 5.05. The maximum Gasteiger partial charge on any atom is 0.124 e. The normalized spacial score (nSPS) is 25.3. The molecule has 0 aromatic heterocycles. The van der Waals surface area contributed by atoms with Gasteiger partial charge in [0.05, 0.1) is 0 Å². The van der Waals surface area contributed by atoms with Crippen molar-refractivity contribution >= 4 is 15.9 Å². The van der Waals surface area contributed by atoms with Crippen LogP contribution in [-0.4, -0.2) is 32.1 Å². The molecule has 1 N–H and O–H groups in total. The molecule has 0 amide bonds. The molecule has 0 spiro atoms. The number of halogens is 2. The van der Waals surface area contributed by atoms with Crippen LogP contribution in [0, 0.1) is 11.7 Å². The van der Waals surface area contributed by atoms with E-state index < -0.39 is 0 Å². The van der Waals surface area contributed by atoms with Gasteiger partial charge in [0, 0.05) is 10.5 Å². The van der Waals surface area contributed by atoms with E-state index in [2.05, 4.69) is 33.2 Å². The van der Waals surface area contributed by atoms with Crippen molar-refractivity contribution in [1.29, 1.82) is 0 Å². The van der Waals surface area contributed by atoms with Gasteiger partial charge in [0.25, 0.3) is 0 Å². The van der Waals surface area contributed by atoms with Gasteiger partial charge in [0.2, 0.25) is 0 Å². The molecule has 1 aliphatic heterocycles. The fourth-order valence-electron chi connectivity index (χ4n) is 2.97. The Morgan fingerprint density at radius 2 is 2.28 bits per heavy atom. The third-order valence-corrected chi connectivity index (χ3v) is 4.44. The van der Waals surface area contributed by atoms with Crippen molar-refractivity contribution in [2.24, 2.45) is 5.92 Å². The largest absolute Gasteiger partial charge is 0.319 e. The Balaban J connectivity index is 2.31. The molecule has 100 valence electrons. The summed E-state index contributed by atoms with van der Waals surface area (Å²) in [6.45, 7) is 2.10. The Labute approximate surface area is 117 Å². The number of rotatable bonds is 3. The molecule has 0 radical (unpaired) electrons. The molecule has 0 saturated carbocycles. The molecule has 2 unspecified atom stereocenters. The monoisotopic (exact) mass is 314 g/mol. The van der Waals surface area contributed by atoms with Gasteiger partial charge in [-0.25, -0.2) is 4.39 Å². The third-order valence-electron chi connectivity index (χ3n) is 3.75. The van der Waals surface area contributed by atoms with Gasteiger partial charge in [-0.1, -0.05) is 22.0 Å². The van der Waals surface area contributed by atoms with E-state index in [1.165, 1.54) is 18.4 Å². The van der Waals surface area contributed by atoms with E-state index in [4.69, 9.17) is 0 Å². The zero-order chi connectivity index (χ0) is 13.1. The summed E-state index contributed by atoms with van der Waals surface area (Å²) in [6.07, 6.45) is 2.46. The number of piperidine rings is 1. The lowest BCUT2D eigenvalue weighted by atomic mass is 9.85. The predicted octanol–water partition coefficient (Wildman–Crippen LogP) is 3.19. The first-order valence-electron chi connectivity index (χ1n) is 6.43. The second-order valence-corrected chi connectivity index (χ2v) is 5.91. The van der Waals surface area contributed by atoms with Gasteiger partial charge >= 0.3 is 0 Å². The highest BCUT2D eigenvalue weighted by Crippen LogP contribution is 2.38. The molecule has 1 heterocycles. The van der Waals surface area contributed by atoms with Gasteiger partial charge < -0.3 is 5.32 Å². The van der Waals surface area contributed by atoms with Crippen LogP contribution in [0.3, 0.4) is 0 Å². The maximum absolute atomic E-state index is 13.2. The SMILES string of the molecule is CNCC1CCCN(C)C1c1ccc(F)cc1Br. The van der Waals surface area contributed by atoms with Crippen molar-refractivity contribution < 1.29 is 4.39 Å². The first-order valence-corrected chi connectivity index (χ1v) is 7.22. The summed E-state index contributed by atoms with van der Waals surface area (Å²) < 4.78 is 14.1. The molecule has 2 rings (SSSR count). The first-order chi connectivity index (χ1) is 8.63. The van der Waals surface area contributed by atoms with Crippen molar-refractivity contribution in [3.8, 4) is 0 Å². The van der Waals surface area contributed by atoms with E-state index in [1.54, 1.807) is 12.1 Å². The fourth-order valence-corrected chi connectivity index (χ4v) is 3.55. The van der Waals surface area contributed by atoms with Gasteiger partial charge in [-0.05, 0) is 63.6 Å². The van der Waals surface area contributed by atoms with Crippen LogP contribution in [-0.2, 0) is 0 Å². The Morgan fingerprint density at radius 1 is 1.50 bits per heavy atom. The first kappa shape index (κ1) is 14.0. The standard InChI is InChI=1S/C14H20BrFN2/c1-17-9-10-4-3-7-18(2)14(10)12-6-5-11(16)8-13(12)15/h5-6,8,10,14,17H,3-4,7,9H2,1-2H3. The minimum Gasteiger partial charge on any atom is -0.319 e. The Bertz CT molecular complexity index is 409. The van der Waals surface area contributed by atoms with E-state index in [-0.39, 0.29) is 5.82 Å². The Hall–Kier alpha value is -0.450. The molecule has 2 nitrogen and oxygen atoms in total. The van der Waals surface area contributed by atoms with Gasteiger partial charge in [-0.2, -0.15) is 0 Å². The number of benzene rings is 1. The number of nitrogens with one attached hydrogen (secondary N) is 1. The highest BCUT2D eigenvalue weighted by Gasteiger charge is 2.31. The van der Waals surface area contributed by atoms with E-state index in [0.717, 1.165) is 17.6 Å². The predicted molar refractivity (Wildman–Crippen MR) is 76.1 cm³/mol. The van der Waals surface area contributed by atoms with Gasteiger partial charge in [0.15, 0.2) is 0 Å². The Morgan fingerprint density at radius 3 is 2.94 bits per heavy atom. The summed E-state index contributed by atoms with van der Waals surface area (Å²) in [7, 11) is 4.15. The van der Waals surface area contributed by atoms with E-state index >= 15 is 0 Å². The maximum atomic E-state index is 13.2. The average Bonchev–Trinajstić information content (AvgIpc) is 2.31. The van der Waals surface area contributed by atoms with Crippen molar-refractivity contribution in [2.45, 2.75) is 18.9 Å². The number of likely N-dealkylation sites (tertiary alicyclic amines) is 1. The average molecular weight is 315 g/mol. The molecule has 4 heteroatoms. The van der Waals surface area contributed by atoms with Crippen molar-refractivity contribution in [3.05, 3.63) is 34.1 Å². The van der Waals surface area contributed by atoms with Crippen LogP contribution in [0.25, 0.3) is 0 Å². The zero-order valence-electron chi connectivity index (χ0n) is 10.9. The summed E-state index contributed by atoms with van der Waals surface area (Å²) in [5, 5.41) is 3.27. The number of nitrogens with zero attached hydrogens (tertiary/aromatic N) is 1. The zero-order valence-corrected chi connectivity index (χ0v) is 12.5. The molecular formula is C14H20BrFN2. The second kappa shape index (κ2) is 6.13. The molecule has 1 aliphatic rings. The van der Waals surface area contributed by atoms with Gasteiger partial charge in [-0.3, -0.25) is 4.90 Å². The Kier molecular flexibility index (Phi) is 4.76. The molecule has 0 bridgehead atoms. The van der Waals surface area contributed by atoms with E-state index in [0.29, 0.717) is 12.0 Å². The summed E-state index contributed by atoms with van der Waals surface area (Å²) in [5.41, 5.74) is 1.19. The minimum absolute atomic E-state index is 0.186. The highest BCUT2D eigenvalue weighted by atomic mass is 79.9. The van der Waals surface area contributed by atoms with Crippen molar-refractivity contribution in [3.63, 3.8) is 0 Å². The van der Waals surface area contributed by atoms with Gasteiger partial charge in [-0.15, -0.1) is 0 Å². The smallest absolute Gasteiger partial charge is 0.124 e. The van der Waals surface area contributed by atoms with Crippen LogP contribution >= 0.6 is 15.9 Å². The quantitative estimate of drug-likeness (QED) is 0.921. The highest BCUT2D eigenvalue weighted by molar-refractivity contribution is 9.10. The van der Waals surface area contributed by atoms with E-state index in [9.17, 15) is 4.39 Å². The lowest BCUT2D eigenvalue weighted by Crippen LogP contribution is -2.40. The van der Waals surface area contributed by atoms with Crippen LogP contribution in [0.2, 0.25) is 0 Å². The molecular weight excluding hydrogens is 295 g/mol. The number of hydrogen-bond donors (Lipinski definition) is 1. The lowest BCUT2D eigenvalue weighted by Gasteiger charge is -2.40. The fraction of sp³-hybridized carbons (Fsp3) is 0.571. The molecule has 0 aliphatic carbocycles. The molecule has 1 aromatic rings. The van der Waals surface area contributed by atoms with Crippen LogP contribution in [0.4, 0.5) is 4.39 Å². The lowest BCUT2D eigenvalue weighted by molar-refractivity contribution is 0.120. The summed E-state index contributed by atoms with van der Waals surface area (Å²) >= 11 is 3.50. The van der Waals surface area contributed by atoms with Crippen LogP contribution in [0.5, 0.6) is 0 Å². The van der Waals surface area contributed by atoms with E-state index in [1.807, 2.05) is 13.1 Å². The van der Waals surface area contributed by atoms with Crippen molar-refractivity contribution in [2.75, 3.05) is 27.2 Å². The molecule has 18 heavy (non-hydrogen) atoms. The number of hydrogen-bond acceptors (Lipinski definition) is 2. The molecule has 1 saturated heterocycles. The van der Waals surface area contributed by atoms with Gasteiger partial charge in [0.1, 0.15) is 5.82 Å². The third kappa shape index (κ3) is 2.92. The summed E-state index contributed by atoms with van der Waals surface area (Å²) in [5.74, 6) is 0.393. The summed E-state index contributed by atoms with van der Waals surface area (Å²) in [4.78, 5) is 2.38. The molecule has 1 fully saturated rings. The van der Waals surface area contributed by atoms with Crippen LogP contribution < -0.4 is 5.32 Å².